The van der Waals surface area contributed by atoms with E-state index in [1.54, 1.807) is 40.9 Å². The van der Waals surface area contributed by atoms with Crippen LogP contribution in [0.1, 0.15) is 111 Å². The Morgan fingerprint density at radius 2 is 1.76 bits per heavy atom. The summed E-state index contributed by atoms with van der Waals surface area (Å²) >= 11 is 0. The van der Waals surface area contributed by atoms with Crippen LogP contribution in [0.25, 0.3) is 11.0 Å². The number of hydrogen-bond donors (Lipinski definition) is 3. The Morgan fingerprint density at radius 3 is 2.43 bits per heavy atom. The molecule has 2 aliphatic heterocycles. The molecule has 2 bridgehead atoms. The van der Waals surface area contributed by atoms with E-state index in [9.17, 15) is 32.0 Å². The molecule has 0 radical (unpaired) electrons. The number of carbonyl (C=O) groups is 4. The Labute approximate surface area is 340 Å². The monoisotopic (exact) mass is 830 g/mol. The van der Waals surface area contributed by atoms with E-state index in [-0.39, 0.29) is 25.3 Å². The summed E-state index contributed by atoms with van der Waals surface area (Å²) in [7, 11) is -2.53. The van der Waals surface area contributed by atoms with Gasteiger partial charge in [0.2, 0.25) is 27.7 Å². The van der Waals surface area contributed by atoms with Gasteiger partial charge in [-0.05, 0) is 88.7 Å². The largest absolute Gasteiger partial charge is 0.497 e. The summed E-state index contributed by atoms with van der Waals surface area (Å²) in [5.74, 6) is -2.80. The van der Waals surface area contributed by atoms with Gasteiger partial charge < -0.3 is 29.7 Å². The quantitative estimate of drug-likeness (QED) is 0.328. The first-order valence-corrected chi connectivity index (χ1v) is 22.0. The minimum Gasteiger partial charge on any atom is -0.497 e. The number of nitrogens with one attached hydrogen (secondary N) is 3. The van der Waals surface area contributed by atoms with Crippen molar-refractivity contribution in [2.24, 2.45) is 17.3 Å². The molecule has 17 heteroatoms. The number of alkyl carbamates (subject to hydrolysis) is 1. The minimum atomic E-state index is -4.08. The summed E-state index contributed by atoms with van der Waals surface area (Å²) < 4.78 is 58.9. The maximum atomic E-state index is 14.8. The van der Waals surface area contributed by atoms with Crippen LogP contribution in [0.2, 0.25) is 0 Å². The van der Waals surface area contributed by atoms with Crippen molar-refractivity contribution in [2.75, 3.05) is 20.3 Å². The molecule has 3 N–H and O–H groups in total. The van der Waals surface area contributed by atoms with Gasteiger partial charge in [0, 0.05) is 12.0 Å². The van der Waals surface area contributed by atoms with Crippen molar-refractivity contribution in [3.05, 3.63) is 23.9 Å². The van der Waals surface area contributed by atoms with Gasteiger partial charge in [-0.3, -0.25) is 23.5 Å². The van der Waals surface area contributed by atoms with E-state index < -0.39 is 92.3 Å². The second-order valence-electron chi connectivity index (χ2n) is 18.0. The molecule has 2 aliphatic carbocycles. The SMILES string of the molecule is COc1ccc2nc3c(nc2c1)O[C@H]1CN(C(=O)[C@H](C(C)(C)C)NC(=O)O[C@H](C)CCCCCCC3)[C@H](C(=O)N[C@]2(C(=O)NS(=O)(=O)C3(C)CC3)C[C@H]2CCF)[C@@H]1C. The molecular formula is C41H59FN6O9S. The molecule has 4 amide bonds. The number of alkyl halides is 1. The number of aryl methyl sites for hydroxylation is 1. The summed E-state index contributed by atoms with van der Waals surface area (Å²) in [5, 5.41) is 5.57. The van der Waals surface area contributed by atoms with Crippen molar-refractivity contribution < 1.29 is 46.2 Å². The first kappa shape index (κ1) is 43.3. The highest BCUT2D eigenvalue weighted by Gasteiger charge is 2.64. The predicted molar refractivity (Wildman–Crippen MR) is 213 cm³/mol. The van der Waals surface area contributed by atoms with E-state index in [0.29, 0.717) is 48.2 Å². The minimum absolute atomic E-state index is 0.0192. The normalized spacial score (nSPS) is 29.3. The maximum Gasteiger partial charge on any atom is 0.408 e. The molecule has 0 unspecified atom stereocenters. The first-order valence-electron chi connectivity index (χ1n) is 20.6. The van der Waals surface area contributed by atoms with Gasteiger partial charge in [0.15, 0.2) is 0 Å². The lowest BCUT2D eigenvalue weighted by atomic mass is 9.85. The molecule has 320 valence electrons. The third-order valence-corrected chi connectivity index (χ3v) is 14.5. The number of benzene rings is 1. The van der Waals surface area contributed by atoms with Crippen LogP contribution in [0.5, 0.6) is 11.6 Å². The number of amides is 4. The van der Waals surface area contributed by atoms with Crippen molar-refractivity contribution in [1.82, 2.24) is 30.2 Å². The molecule has 1 saturated heterocycles. The summed E-state index contributed by atoms with van der Waals surface area (Å²) in [6.07, 6.45) is 4.44. The lowest BCUT2D eigenvalue weighted by molar-refractivity contribution is -0.143. The van der Waals surface area contributed by atoms with E-state index in [1.165, 1.54) is 11.8 Å². The summed E-state index contributed by atoms with van der Waals surface area (Å²) in [5.41, 5.74) is -0.749. The Bertz CT molecular complexity index is 2010. The van der Waals surface area contributed by atoms with Gasteiger partial charge in [-0.2, -0.15) is 0 Å². The first-order chi connectivity index (χ1) is 27.3. The number of rotatable bonds is 8. The molecule has 3 heterocycles. The van der Waals surface area contributed by atoms with Gasteiger partial charge in [0.1, 0.15) is 41.3 Å². The van der Waals surface area contributed by atoms with E-state index in [2.05, 4.69) is 15.4 Å². The van der Waals surface area contributed by atoms with Crippen molar-refractivity contribution in [3.63, 3.8) is 0 Å². The predicted octanol–water partition coefficient (Wildman–Crippen LogP) is 4.89. The number of halogens is 1. The summed E-state index contributed by atoms with van der Waals surface area (Å²) in [4.78, 5) is 67.8. The molecule has 2 saturated carbocycles. The third-order valence-electron chi connectivity index (χ3n) is 12.4. The van der Waals surface area contributed by atoms with Gasteiger partial charge in [-0.1, -0.05) is 47.0 Å². The van der Waals surface area contributed by atoms with Crippen LogP contribution in [0.3, 0.4) is 0 Å². The van der Waals surface area contributed by atoms with Crippen LogP contribution >= 0.6 is 0 Å². The number of methoxy groups -OCH3 is 1. The lowest BCUT2D eigenvalue weighted by Crippen LogP contribution is -2.61. The Balaban J connectivity index is 1.38. The van der Waals surface area contributed by atoms with Crippen LogP contribution < -0.4 is 24.8 Å². The fraction of sp³-hybridized carbons (Fsp3) is 0.707. The third kappa shape index (κ3) is 9.13. The lowest BCUT2D eigenvalue weighted by Gasteiger charge is -2.36. The maximum absolute atomic E-state index is 14.8. The van der Waals surface area contributed by atoms with Gasteiger partial charge >= 0.3 is 6.09 Å². The van der Waals surface area contributed by atoms with E-state index >= 15 is 0 Å². The van der Waals surface area contributed by atoms with Crippen LogP contribution in [-0.2, 0) is 35.6 Å². The van der Waals surface area contributed by atoms with Crippen LogP contribution in [0.15, 0.2) is 18.2 Å². The summed E-state index contributed by atoms with van der Waals surface area (Å²) in [6, 6.07) is 2.98. The molecular weight excluding hydrogens is 772 g/mol. The second kappa shape index (κ2) is 16.8. The van der Waals surface area contributed by atoms with Crippen molar-refractivity contribution in [3.8, 4) is 11.6 Å². The van der Waals surface area contributed by atoms with Gasteiger partial charge in [0.25, 0.3) is 5.91 Å². The van der Waals surface area contributed by atoms with E-state index in [4.69, 9.17) is 24.2 Å². The Hall–Kier alpha value is -4.28. The zero-order chi connectivity index (χ0) is 42.2. The highest BCUT2D eigenvalue weighted by molar-refractivity contribution is 7.91. The van der Waals surface area contributed by atoms with Gasteiger partial charge in [0.05, 0.1) is 36.1 Å². The number of sulfonamides is 1. The molecule has 58 heavy (non-hydrogen) atoms. The van der Waals surface area contributed by atoms with Crippen molar-refractivity contribution in [1.29, 1.82) is 0 Å². The van der Waals surface area contributed by atoms with Crippen LogP contribution in [0, 0.1) is 17.3 Å². The average molecular weight is 831 g/mol. The second-order valence-corrected chi connectivity index (χ2v) is 20.2. The molecule has 15 nitrogen and oxygen atoms in total. The smallest absolute Gasteiger partial charge is 0.408 e. The molecule has 1 aromatic carbocycles. The summed E-state index contributed by atoms with van der Waals surface area (Å²) in [6.45, 7) is 9.57. The Morgan fingerprint density at radius 1 is 1.05 bits per heavy atom. The zero-order valence-corrected chi connectivity index (χ0v) is 35.5. The van der Waals surface area contributed by atoms with E-state index in [1.807, 2.05) is 19.1 Å². The Kier molecular flexibility index (Phi) is 12.5. The molecule has 4 aliphatic rings. The molecule has 2 aromatic rings. The molecule has 7 atom stereocenters. The number of hydrogen-bond acceptors (Lipinski definition) is 11. The molecule has 3 fully saturated rings. The van der Waals surface area contributed by atoms with Crippen LogP contribution in [0.4, 0.5) is 9.18 Å². The number of aromatic nitrogens is 2. The highest BCUT2D eigenvalue weighted by atomic mass is 32.2. The van der Waals surface area contributed by atoms with E-state index in [0.717, 1.165) is 32.1 Å². The zero-order valence-electron chi connectivity index (χ0n) is 34.7. The van der Waals surface area contributed by atoms with Gasteiger partial charge in [-0.25, -0.2) is 23.2 Å². The standard InChI is InChI=1S/C41H59FN6O9S/c1-24-13-11-9-8-10-12-14-29-35(44-30-21-27(55-7)15-16-28(30)43-29)57-31-23-48(36(50)33(39(3,4)5)45-38(52)56-24)32(25(31)2)34(49)46-41(22-26(41)17-20-42)37(51)47-58(53,54)40(6)18-19-40/h15-16,21,24-26,31-33H,8-14,17-20,22-23H2,1-7H3,(H,45,52)(H,46,49)(H,47,51)/t24-,25-,26-,31+,32+,33-,41-/m1/s1. The van der Waals surface area contributed by atoms with Crippen molar-refractivity contribution >= 4 is 44.9 Å². The topological polar surface area (TPSA) is 195 Å². The molecule has 1 aromatic heterocycles. The molecule has 0 spiro atoms. The average Bonchev–Trinajstić information content (AvgIpc) is 4.05. The fourth-order valence-corrected chi connectivity index (χ4v) is 9.44. The number of nitrogens with zero attached hydrogens (tertiary/aromatic N) is 3. The fourth-order valence-electron chi connectivity index (χ4n) is 8.13. The number of carbonyl (C=O) groups excluding carboxylic acids is 4. The highest BCUT2D eigenvalue weighted by Crippen LogP contribution is 2.48. The molecule has 6 rings (SSSR count). The number of fused-ring (bicyclic) bond motifs is 4. The van der Waals surface area contributed by atoms with Crippen LogP contribution in [-0.4, -0.2) is 102 Å². The number of ether oxygens (including phenoxy) is 3. The number of cyclic esters (lactones) is 1. The van der Waals surface area contributed by atoms with Crippen molar-refractivity contribution in [2.45, 2.75) is 147 Å². The van der Waals surface area contributed by atoms with Gasteiger partial charge in [-0.15, -0.1) is 0 Å².